The van der Waals surface area contributed by atoms with E-state index in [4.69, 9.17) is 19.4 Å². The molecule has 1 atom stereocenters. The lowest BCUT2D eigenvalue weighted by atomic mass is 9.99. The SMILES string of the molecule is COC(=O)c1cccc(-c2ccnc3ccc(Nc4nc(NC5CC5)c5ncn(C6CCCCO6)c5n4)cc23)c1. The number of aromatic nitrogens is 5. The number of carbonyl (C=O) groups is 1. The van der Waals surface area contributed by atoms with E-state index >= 15 is 0 Å². The van der Waals surface area contributed by atoms with Gasteiger partial charge in [0.1, 0.15) is 6.23 Å². The largest absolute Gasteiger partial charge is 0.465 e. The number of hydrogen-bond donors (Lipinski definition) is 2. The van der Waals surface area contributed by atoms with Gasteiger partial charge in [-0.3, -0.25) is 9.55 Å². The molecule has 0 spiro atoms. The molecule has 2 aliphatic rings. The topological polar surface area (TPSA) is 116 Å². The molecule has 1 unspecified atom stereocenters. The summed E-state index contributed by atoms with van der Waals surface area (Å²) < 4.78 is 13.0. The number of nitrogens with zero attached hydrogens (tertiary/aromatic N) is 5. The van der Waals surface area contributed by atoms with Gasteiger partial charge in [-0.2, -0.15) is 9.97 Å². The van der Waals surface area contributed by atoms with Gasteiger partial charge < -0.3 is 20.1 Å². The molecule has 1 aliphatic carbocycles. The van der Waals surface area contributed by atoms with Crippen molar-refractivity contribution in [3.63, 3.8) is 0 Å². The predicted molar refractivity (Wildman–Crippen MR) is 153 cm³/mol. The van der Waals surface area contributed by atoms with Crippen LogP contribution in [-0.2, 0) is 9.47 Å². The summed E-state index contributed by atoms with van der Waals surface area (Å²) in [5.41, 5.74) is 5.51. The Kier molecular flexibility index (Phi) is 6.24. The van der Waals surface area contributed by atoms with Gasteiger partial charge in [-0.1, -0.05) is 12.1 Å². The van der Waals surface area contributed by atoms with Crippen molar-refractivity contribution in [2.45, 2.75) is 44.4 Å². The van der Waals surface area contributed by atoms with E-state index < -0.39 is 0 Å². The molecule has 5 aromatic rings. The van der Waals surface area contributed by atoms with Gasteiger partial charge in [-0.15, -0.1) is 0 Å². The number of benzene rings is 2. The van der Waals surface area contributed by atoms with E-state index in [2.05, 4.69) is 20.6 Å². The van der Waals surface area contributed by atoms with E-state index in [0.29, 0.717) is 17.6 Å². The highest BCUT2D eigenvalue weighted by Crippen LogP contribution is 2.34. The number of pyridine rings is 1. The van der Waals surface area contributed by atoms with Gasteiger partial charge in [-0.05, 0) is 79.6 Å². The van der Waals surface area contributed by atoms with Crippen LogP contribution in [0.4, 0.5) is 17.5 Å². The maximum atomic E-state index is 12.1. The van der Waals surface area contributed by atoms with Gasteiger partial charge in [0.15, 0.2) is 17.0 Å². The number of hydrogen-bond acceptors (Lipinski definition) is 9. The van der Waals surface area contributed by atoms with Crippen LogP contribution < -0.4 is 10.6 Å². The van der Waals surface area contributed by atoms with Crippen LogP contribution in [0.15, 0.2) is 61.1 Å². The van der Waals surface area contributed by atoms with Crippen molar-refractivity contribution in [2.24, 2.45) is 0 Å². The van der Waals surface area contributed by atoms with Crippen molar-refractivity contribution in [1.29, 1.82) is 0 Å². The fourth-order valence-corrected chi connectivity index (χ4v) is 5.18. The Morgan fingerprint density at radius 1 is 1.05 bits per heavy atom. The number of fused-ring (bicyclic) bond motifs is 2. The predicted octanol–water partition coefficient (Wildman–Crippen LogP) is 5.85. The molecule has 10 nitrogen and oxygen atoms in total. The number of carbonyl (C=O) groups excluding carboxylic acids is 1. The fourth-order valence-electron chi connectivity index (χ4n) is 5.18. The molecule has 0 amide bonds. The number of methoxy groups -OCH3 is 1. The number of anilines is 3. The van der Waals surface area contributed by atoms with E-state index in [0.717, 1.165) is 83.4 Å². The average molecular weight is 536 g/mol. The molecule has 40 heavy (non-hydrogen) atoms. The number of ether oxygens (including phenoxy) is 2. The Bertz CT molecular complexity index is 1720. The molecule has 3 aromatic heterocycles. The lowest BCUT2D eigenvalue weighted by Crippen LogP contribution is -2.18. The quantitative estimate of drug-likeness (QED) is 0.248. The minimum Gasteiger partial charge on any atom is -0.465 e. The molecule has 0 bridgehead atoms. The van der Waals surface area contributed by atoms with Crippen molar-refractivity contribution in [3.05, 3.63) is 66.6 Å². The van der Waals surface area contributed by atoms with E-state index in [-0.39, 0.29) is 12.2 Å². The van der Waals surface area contributed by atoms with Crippen molar-refractivity contribution in [3.8, 4) is 11.1 Å². The third kappa shape index (κ3) is 4.71. The van der Waals surface area contributed by atoms with Gasteiger partial charge >= 0.3 is 5.97 Å². The summed E-state index contributed by atoms with van der Waals surface area (Å²) in [6.07, 6.45) is 8.88. The molecule has 0 radical (unpaired) electrons. The second-order valence-corrected chi connectivity index (χ2v) is 10.2. The van der Waals surface area contributed by atoms with Gasteiger partial charge in [0.05, 0.1) is 24.5 Å². The highest BCUT2D eigenvalue weighted by molar-refractivity contribution is 5.98. The lowest BCUT2D eigenvalue weighted by molar-refractivity contribution is -0.0298. The first kappa shape index (κ1) is 24.5. The van der Waals surface area contributed by atoms with Gasteiger partial charge in [0.2, 0.25) is 5.95 Å². The van der Waals surface area contributed by atoms with Crippen LogP contribution in [0.3, 0.4) is 0 Å². The minimum atomic E-state index is -0.372. The molecule has 10 heteroatoms. The summed E-state index contributed by atoms with van der Waals surface area (Å²) in [4.78, 5) is 31.1. The van der Waals surface area contributed by atoms with Crippen LogP contribution >= 0.6 is 0 Å². The van der Waals surface area contributed by atoms with Crippen LogP contribution in [0.25, 0.3) is 33.2 Å². The Morgan fingerprint density at radius 2 is 1.98 bits per heavy atom. The van der Waals surface area contributed by atoms with E-state index in [9.17, 15) is 4.79 Å². The first-order chi connectivity index (χ1) is 19.7. The van der Waals surface area contributed by atoms with Gasteiger partial charge in [0, 0.05) is 29.9 Å². The summed E-state index contributed by atoms with van der Waals surface area (Å²) in [5, 5.41) is 7.88. The number of esters is 1. The molecule has 2 N–H and O–H groups in total. The normalized spacial score (nSPS) is 17.2. The summed E-state index contributed by atoms with van der Waals surface area (Å²) in [5.74, 6) is 0.835. The van der Waals surface area contributed by atoms with Crippen LogP contribution in [-0.4, -0.2) is 50.2 Å². The van der Waals surface area contributed by atoms with Crippen LogP contribution in [0, 0.1) is 0 Å². The standard InChI is InChI=1S/C30H29N7O3/c1-39-29(38)19-6-4-5-18(15-19)22-12-13-31-24-11-10-21(16-23(22)24)34-30-35-27(33-20-8-9-20)26-28(36-30)37(17-32-26)25-7-2-3-14-40-25/h4-6,10-13,15-17,20,25H,2-3,7-9,14H2,1H3,(H2,33,34,35,36). The van der Waals surface area contributed by atoms with Gasteiger partial charge in [-0.25, -0.2) is 9.78 Å². The molecular weight excluding hydrogens is 506 g/mol. The maximum absolute atomic E-state index is 12.1. The summed E-state index contributed by atoms with van der Waals surface area (Å²) >= 11 is 0. The summed E-state index contributed by atoms with van der Waals surface area (Å²) in [7, 11) is 1.38. The summed E-state index contributed by atoms with van der Waals surface area (Å²) in [6, 6.07) is 15.7. The first-order valence-electron chi connectivity index (χ1n) is 13.6. The Morgan fingerprint density at radius 3 is 2.80 bits per heavy atom. The first-order valence-corrected chi connectivity index (χ1v) is 13.6. The highest BCUT2D eigenvalue weighted by Gasteiger charge is 2.26. The maximum Gasteiger partial charge on any atom is 0.337 e. The van der Waals surface area contributed by atoms with E-state index in [1.807, 2.05) is 53.4 Å². The molecule has 2 aromatic carbocycles. The zero-order valence-electron chi connectivity index (χ0n) is 22.1. The van der Waals surface area contributed by atoms with E-state index in [1.54, 1.807) is 12.3 Å². The van der Waals surface area contributed by atoms with Crippen LogP contribution in [0.2, 0.25) is 0 Å². The zero-order chi connectivity index (χ0) is 27.1. The lowest BCUT2D eigenvalue weighted by Gasteiger charge is -2.24. The molecule has 1 aliphatic heterocycles. The monoisotopic (exact) mass is 535 g/mol. The second kappa shape index (κ2) is 10.2. The number of nitrogens with one attached hydrogen (secondary N) is 2. The summed E-state index contributed by atoms with van der Waals surface area (Å²) in [6.45, 7) is 0.740. The Balaban J connectivity index is 1.27. The minimum absolute atomic E-state index is 0.0784. The van der Waals surface area contributed by atoms with Crippen molar-refractivity contribution in [1.82, 2.24) is 24.5 Å². The highest BCUT2D eigenvalue weighted by atomic mass is 16.5. The molecule has 2 fully saturated rings. The molecule has 202 valence electrons. The van der Waals surface area contributed by atoms with Crippen molar-refractivity contribution < 1.29 is 14.3 Å². The molecular formula is C30H29N7O3. The van der Waals surface area contributed by atoms with Crippen molar-refractivity contribution >= 4 is 45.5 Å². The zero-order valence-corrected chi connectivity index (χ0v) is 22.1. The number of imidazole rings is 1. The second-order valence-electron chi connectivity index (χ2n) is 10.2. The fraction of sp³-hybridized carbons (Fsp3) is 0.300. The Labute approximate surface area is 230 Å². The molecule has 4 heterocycles. The van der Waals surface area contributed by atoms with Crippen LogP contribution in [0.5, 0.6) is 0 Å². The van der Waals surface area contributed by atoms with Crippen molar-refractivity contribution in [2.75, 3.05) is 24.4 Å². The molecule has 1 saturated heterocycles. The number of rotatable bonds is 7. The third-order valence-electron chi connectivity index (χ3n) is 7.40. The van der Waals surface area contributed by atoms with Crippen LogP contribution in [0.1, 0.15) is 48.7 Å². The molecule has 1 saturated carbocycles. The average Bonchev–Trinajstić information content (AvgIpc) is 3.72. The van der Waals surface area contributed by atoms with E-state index in [1.165, 1.54) is 7.11 Å². The Hall–Kier alpha value is -4.57. The molecule has 7 rings (SSSR count). The van der Waals surface area contributed by atoms with Gasteiger partial charge in [0.25, 0.3) is 0 Å². The third-order valence-corrected chi connectivity index (χ3v) is 7.40. The smallest absolute Gasteiger partial charge is 0.337 e.